The lowest BCUT2D eigenvalue weighted by Crippen LogP contribution is -2.31. The van der Waals surface area contributed by atoms with Crippen LogP contribution in [0.15, 0.2) is 64.7 Å². The van der Waals surface area contributed by atoms with Crippen LogP contribution >= 0.6 is 27.3 Å². The Morgan fingerprint density at radius 2 is 2.12 bits per heavy atom. The van der Waals surface area contributed by atoms with Gasteiger partial charge in [-0.1, -0.05) is 40.2 Å². The Balaban J connectivity index is 1.57. The van der Waals surface area contributed by atoms with Gasteiger partial charge in [-0.2, -0.15) is 5.10 Å². The molecular formula is C18H18BrN3OS. The molecule has 0 saturated carbocycles. The summed E-state index contributed by atoms with van der Waals surface area (Å²) in [6, 6.07) is 14.0. The van der Waals surface area contributed by atoms with Crippen molar-refractivity contribution < 1.29 is 4.79 Å². The Hall–Kier alpha value is -1.92. The molecule has 0 saturated heterocycles. The van der Waals surface area contributed by atoms with Gasteiger partial charge in [-0.05, 0) is 35.6 Å². The van der Waals surface area contributed by atoms with E-state index in [1.54, 1.807) is 17.5 Å². The van der Waals surface area contributed by atoms with Crippen LogP contribution in [0.4, 0.5) is 0 Å². The van der Waals surface area contributed by atoms with Crippen LogP contribution in [0, 0.1) is 0 Å². The summed E-state index contributed by atoms with van der Waals surface area (Å²) in [7, 11) is 0. The van der Waals surface area contributed by atoms with E-state index in [0.717, 1.165) is 16.5 Å². The number of thiophene rings is 1. The number of carbonyl (C=O) groups is 1. The van der Waals surface area contributed by atoms with Crippen LogP contribution in [0.2, 0.25) is 0 Å². The molecule has 3 rings (SSSR count). The topological polar surface area (TPSA) is 46.9 Å². The second-order valence-electron chi connectivity index (χ2n) is 5.41. The summed E-state index contributed by atoms with van der Waals surface area (Å²) in [4.78, 5) is 13.4. The fraction of sp³-hybridized carbons (Fsp3) is 0.222. The van der Waals surface area contributed by atoms with Crippen molar-refractivity contribution in [1.82, 2.24) is 15.1 Å². The molecule has 1 aromatic carbocycles. The number of amides is 1. The first-order valence-electron chi connectivity index (χ1n) is 7.76. The number of benzene rings is 1. The van der Waals surface area contributed by atoms with Crippen molar-refractivity contribution in [3.8, 4) is 0 Å². The van der Waals surface area contributed by atoms with Gasteiger partial charge in [0, 0.05) is 34.7 Å². The van der Waals surface area contributed by atoms with Gasteiger partial charge in [0.25, 0.3) is 0 Å². The van der Waals surface area contributed by atoms with Crippen molar-refractivity contribution in [2.24, 2.45) is 0 Å². The standard InChI is InChI=1S/C18H18BrN3OS/c19-15-6-2-1-5-14(15)8-9-18(23)20-13-16(17-7-3-12-24-17)22-11-4-10-21-22/h1-7,10-12,16H,8-9,13H2,(H,20,23). The molecule has 0 aliphatic rings. The summed E-state index contributed by atoms with van der Waals surface area (Å²) in [6.45, 7) is 0.539. The highest BCUT2D eigenvalue weighted by molar-refractivity contribution is 9.10. The molecule has 0 aliphatic heterocycles. The number of aryl methyl sites for hydroxylation is 1. The number of halogens is 1. The van der Waals surface area contributed by atoms with E-state index < -0.39 is 0 Å². The van der Waals surface area contributed by atoms with Crippen molar-refractivity contribution in [3.05, 3.63) is 75.2 Å². The normalized spacial score (nSPS) is 12.0. The molecule has 1 atom stereocenters. The molecule has 0 bridgehead atoms. The molecule has 1 amide bonds. The fourth-order valence-electron chi connectivity index (χ4n) is 2.52. The van der Waals surface area contributed by atoms with Gasteiger partial charge in [-0.3, -0.25) is 9.48 Å². The largest absolute Gasteiger partial charge is 0.354 e. The van der Waals surface area contributed by atoms with Crippen molar-refractivity contribution >= 4 is 33.2 Å². The van der Waals surface area contributed by atoms with E-state index >= 15 is 0 Å². The summed E-state index contributed by atoms with van der Waals surface area (Å²) in [5.41, 5.74) is 1.15. The molecule has 2 aromatic heterocycles. The van der Waals surface area contributed by atoms with Crippen LogP contribution in [-0.2, 0) is 11.2 Å². The highest BCUT2D eigenvalue weighted by atomic mass is 79.9. The molecule has 1 N–H and O–H groups in total. The number of nitrogens with one attached hydrogen (secondary N) is 1. The zero-order chi connectivity index (χ0) is 16.8. The minimum atomic E-state index is 0.0346. The second kappa shape index (κ2) is 8.26. The molecule has 3 aromatic rings. The first kappa shape index (κ1) is 16.9. The summed E-state index contributed by atoms with van der Waals surface area (Å²) in [6.07, 6.45) is 4.88. The molecular weight excluding hydrogens is 386 g/mol. The van der Waals surface area contributed by atoms with Gasteiger partial charge in [0.1, 0.15) is 6.04 Å². The third-order valence-corrected chi connectivity index (χ3v) is 5.53. The Labute approximate surface area is 153 Å². The number of hydrogen-bond donors (Lipinski definition) is 1. The predicted molar refractivity (Wildman–Crippen MR) is 100 cm³/mol. The van der Waals surface area contributed by atoms with Crippen LogP contribution in [0.25, 0.3) is 0 Å². The Morgan fingerprint density at radius 1 is 1.25 bits per heavy atom. The maximum absolute atomic E-state index is 12.2. The van der Waals surface area contributed by atoms with E-state index in [1.807, 2.05) is 52.7 Å². The van der Waals surface area contributed by atoms with Gasteiger partial charge in [-0.15, -0.1) is 11.3 Å². The zero-order valence-corrected chi connectivity index (χ0v) is 15.5. The van der Waals surface area contributed by atoms with Gasteiger partial charge in [0.2, 0.25) is 5.91 Å². The van der Waals surface area contributed by atoms with Crippen molar-refractivity contribution in [3.63, 3.8) is 0 Å². The summed E-state index contributed by atoms with van der Waals surface area (Å²) < 4.78 is 2.94. The monoisotopic (exact) mass is 403 g/mol. The molecule has 2 heterocycles. The molecule has 0 radical (unpaired) electrons. The van der Waals surface area contributed by atoms with Crippen LogP contribution in [-0.4, -0.2) is 22.2 Å². The molecule has 4 nitrogen and oxygen atoms in total. The van der Waals surface area contributed by atoms with E-state index in [9.17, 15) is 4.79 Å². The lowest BCUT2D eigenvalue weighted by Gasteiger charge is -2.17. The zero-order valence-electron chi connectivity index (χ0n) is 13.1. The lowest BCUT2D eigenvalue weighted by atomic mass is 10.1. The SMILES string of the molecule is O=C(CCc1ccccc1Br)NCC(c1cccs1)n1cccn1. The van der Waals surface area contributed by atoms with E-state index in [0.29, 0.717) is 13.0 Å². The second-order valence-corrected chi connectivity index (χ2v) is 7.25. The van der Waals surface area contributed by atoms with E-state index in [1.165, 1.54) is 4.88 Å². The van der Waals surface area contributed by atoms with E-state index in [2.05, 4.69) is 32.4 Å². The highest BCUT2D eigenvalue weighted by Gasteiger charge is 2.16. The Morgan fingerprint density at radius 3 is 2.83 bits per heavy atom. The lowest BCUT2D eigenvalue weighted by molar-refractivity contribution is -0.121. The molecule has 24 heavy (non-hydrogen) atoms. The third-order valence-electron chi connectivity index (χ3n) is 3.79. The van der Waals surface area contributed by atoms with Crippen molar-refractivity contribution in [2.45, 2.75) is 18.9 Å². The van der Waals surface area contributed by atoms with Gasteiger partial charge < -0.3 is 5.32 Å². The smallest absolute Gasteiger partial charge is 0.220 e. The minimum Gasteiger partial charge on any atom is -0.354 e. The van der Waals surface area contributed by atoms with Crippen LogP contribution in [0.1, 0.15) is 22.9 Å². The third kappa shape index (κ3) is 4.33. The molecule has 1 unspecified atom stereocenters. The molecule has 0 aliphatic carbocycles. The number of nitrogens with zero attached hydrogens (tertiary/aromatic N) is 2. The Kier molecular flexibility index (Phi) is 5.82. The summed E-state index contributed by atoms with van der Waals surface area (Å²) in [5.74, 6) is 0.0551. The fourth-order valence-corrected chi connectivity index (χ4v) is 3.82. The number of aromatic nitrogens is 2. The first-order valence-corrected chi connectivity index (χ1v) is 9.44. The molecule has 0 spiro atoms. The van der Waals surface area contributed by atoms with Crippen molar-refractivity contribution in [2.75, 3.05) is 6.54 Å². The average molecular weight is 404 g/mol. The molecule has 124 valence electrons. The van der Waals surface area contributed by atoms with Gasteiger partial charge in [-0.25, -0.2) is 0 Å². The summed E-state index contributed by atoms with van der Waals surface area (Å²) >= 11 is 5.19. The quantitative estimate of drug-likeness (QED) is 0.646. The first-order chi connectivity index (χ1) is 11.7. The van der Waals surface area contributed by atoms with Gasteiger partial charge >= 0.3 is 0 Å². The molecule has 0 fully saturated rings. The van der Waals surface area contributed by atoms with E-state index in [-0.39, 0.29) is 11.9 Å². The predicted octanol–water partition coefficient (Wildman–Crippen LogP) is 4.05. The number of carbonyl (C=O) groups excluding carboxylic acids is 1. The molecule has 6 heteroatoms. The summed E-state index contributed by atoms with van der Waals surface area (Å²) in [5, 5.41) is 9.40. The Bertz CT molecular complexity index is 737. The van der Waals surface area contributed by atoms with Gasteiger partial charge in [0.15, 0.2) is 0 Å². The maximum Gasteiger partial charge on any atom is 0.220 e. The van der Waals surface area contributed by atoms with Crippen molar-refractivity contribution in [1.29, 1.82) is 0 Å². The minimum absolute atomic E-state index is 0.0346. The number of hydrogen-bond acceptors (Lipinski definition) is 3. The van der Waals surface area contributed by atoms with Crippen LogP contribution < -0.4 is 5.32 Å². The van der Waals surface area contributed by atoms with Gasteiger partial charge in [0.05, 0.1) is 0 Å². The van der Waals surface area contributed by atoms with Crippen LogP contribution in [0.3, 0.4) is 0 Å². The van der Waals surface area contributed by atoms with Crippen LogP contribution in [0.5, 0.6) is 0 Å². The highest BCUT2D eigenvalue weighted by Crippen LogP contribution is 2.22. The van der Waals surface area contributed by atoms with E-state index in [4.69, 9.17) is 0 Å². The maximum atomic E-state index is 12.2. The average Bonchev–Trinajstić information content (AvgIpc) is 3.28. The number of rotatable bonds is 7.